The van der Waals surface area contributed by atoms with E-state index in [-0.39, 0.29) is 10.5 Å². The van der Waals surface area contributed by atoms with Gasteiger partial charge in [0.15, 0.2) is 0 Å². The molecule has 4 rings (SSSR count). The van der Waals surface area contributed by atoms with Gasteiger partial charge in [-0.2, -0.15) is 5.10 Å². The number of hydrogen-bond donors (Lipinski definition) is 1. The number of carbonyl (C=O) groups is 1. The minimum absolute atomic E-state index is 0.0357. The molecule has 32 heavy (non-hydrogen) atoms. The number of nitrogens with one attached hydrogen (secondary N) is 1. The van der Waals surface area contributed by atoms with Crippen LogP contribution in [0.15, 0.2) is 96.2 Å². The average molecular weight is 447 g/mol. The monoisotopic (exact) mass is 446 g/mol. The first kappa shape index (κ1) is 21.3. The Kier molecular flexibility index (Phi) is 5.79. The highest BCUT2D eigenvalue weighted by molar-refractivity contribution is 7.92. The summed E-state index contributed by atoms with van der Waals surface area (Å²) in [6, 6.07) is 22.2. The normalized spacial score (nSPS) is 11.2. The molecule has 1 aromatic heterocycles. The van der Waals surface area contributed by atoms with Gasteiger partial charge in [-0.05, 0) is 55.5 Å². The summed E-state index contributed by atoms with van der Waals surface area (Å²) in [5, 5.41) is 7.06. The molecule has 0 radical (unpaired) electrons. The molecule has 0 aliphatic carbocycles. The van der Waals surface area contributed by atoms with Crippen LogP contribution in [0.2, 0.25) is 0 Å². The summed E-state index contributed by atoms with van der Waals surface area (Å²) < 4.78 is 29.1. The van der Waals surface area contributed by atoms with Gasteiger partial charge >= 0.3 is 0 Å². The largest absolute Gasteiger partial charge is 0.320 e. The molecule has 0 aliphatic heterocycles. The summed E-state index contributed by atoms with van der Waals surface area (Å²) in [7, 11) is -2.35. The standard InChI is InChI=1S/C24H22N4O3S/c1-18-11-13-20(14-12-18)27(2)32(30,31)21-8-5-7-19(17-21)24(29)26-22-9-3-4-10-23(22)28-16-6-15-25-28/h3-17H,1-2H3,(H,26,29). The van der Waals surface area contributed by atoms with Crippen molar-refractivity contribution < 1.29 is 13.2 Å². The zero-order valence-electron chi connectivity index (χ0n) is 17.6. The molecule has 3 aromatic carbocycles. The number of carbonyl (C=O) groups excluding carboxylic acids is 1. The van der Waals surface area contributed by atoms with Gasteiger partial charge in [-0.3, -0.25) is 9.10 Å². The molecular weight excluding hydrogens is 424 g/mol. The Morgan fingerprint density at radius 3 is 2.44 bits per heavy atom. The van der Waals surface area contributed by atoms with Crippen molar-refractivity contribution in [3.05, 3.63) is 102 Å². The van der Waals surface area contributed by atoms with Gasteiger partial charge in [0.05, 0.1) is 22.0 Å². The van der Waals surface area contributed by atoms with E-state index < -0.39 is 15.9 Å². The first-order valence-corrected chi connectivity index (χ1v) is 11.4. The molecule has 0 saturated carbocycles. The highest BCUT2D eigenvalue weighted by atomic mass is 32.2. The van der Waals surface area contributed by atoms with Crippen LogP contribution in [-0.2, 0) is 10.0 Å². The van der Waals surface area contributed by atoms with E-state index >= 15 is 0 Å². The minimum atomic E-state index is -3.84. The van der Waals surface area contributed by atoms with Crippen molar-refractivity contribution in [3.8, 4) is 5.69 Å². The number of nitrogens with zero attached hydrogens (tertiary/aromatic N) is 3. The molecule has 7 nitrogen and oxygen atoms in total. The van der Waals surface area contributed by atoms with Gasteiger partial charge in [0.2, 0.25) is 0 Å². The third kappa shape index (κ3) is 4.26. The van der Waals surface area contributed by atoms with Crippen molar-refractivity contribution >= 4 is 27.3 Å². The summed E-state index contributed by atoms with van der Waals surface area (Å²) in [5.74, 6) is -0.417. The Morgan fingerprint density at radius 2 is 1.72 bits per heavy atom. The molecule has 8 heteroatoms. The molecule has 1 N–H and O–H groups in total. The first-order valence-electron chi connectivity index (χ1n) is 9.92. The number of anilines is 2. The van der Waals surface area contributed by atoms with Gasteiger partial charge in [-0.15, -0.1) is 0 Å². The molecule has 0 aliphatic rings. The van der Waals surface area contributed by atoms with Crippen molar-refractivity contribution in [2.24, 2.45) is 0 Å². The van der Waals surface area contributed by atoms with E-state index in [0.29, 0.717) is 17.1 Å². The van der Waals surface area contributed by atoms with Crippen molar-refractivity contribution in [1.82, 2.24) is 9.78 Å². The van der Waals surface area contributed by atoms with Crippen LogP contribution < -0.4 is 9.62 Å². The van der Waals surface area contributed by atoms with Crippen LogP contribution >= 0.6 is 0 Å². The summed E-state index contributed by atoms with van der Waals surface area (Å²) in [5.41, 5.74) is 3.07. The van der Waals surface area contributed by atoms with Crippen LogP contribution in [0, 0.1) is 6.92 Å². The zero-order chi connectivity index (χ0) is 22.7. The third-order valence-corrected chi connectivity index (χ3v) is 6.84. The molecule has 1 amide bonds. The van der Waals surface area contributed by atoms with Crippen molar-refractivity contribution in [3.63, 3.8) is 0 Å². The highest BCUT2D eigenvalue weighted by Crippen LogP contribution is 2.24. The summed E-state index contributed by atoms with van der Waals surface area (Å²) in [6.45, 7) is 1.94. The predicted molar refractivity (Wildman–Crippen MR) is 125 cm³/mol. The second-order valence-corrected chi connectivity index (χ2v) is 9.23. The second kappa shape index (κ2) is 8.68. The molecule has 0 spiro atoms. The Bertz CT molecular complexity index is 1350. The fourth-order valence-corrected chi connectivity index (χ4v) is 4.48. The molecule has 0 unspecified atom stereocenters. The van der Waals surface area contributed by atoms with Crippen LogP contribution in [0.3, 0.4) is 0 Å². The Balaban J connectivity index is 1.61. The second-order valence-electron chi connectivity index (χ2n) is 7.26. The van der Waals surface area contributed by atoms with Crippen LogP contribution in [-0.4, -0.2) is 31.2 Å². The van der Waals surface area contributed by atoms with Gasteiger partial charge < -0.3 is 5.32 Å². The number of aromatic nitrogens is 2. The first-order chi connectivity index (χ1) is 15.4. The lowest BCUT2D eigenvalue weighted by Crippen LogP contribution is -2.27. The molecule has 0 atom stereocenters. The number of hydrogen-bond acceptors (Lipinski definition) is 4. The molecule has 162 valence electrons. The van der Waals surface area contributed by atoms with Crippen LogP contribution in [0.5, 0.6) is 0 Å². The minimum Gasteiger partial charge on any atom is -0.320 e. The fraction of sp³-hybridized carbons (Fsp3) is 0.0833. The molecule has 1 heterocycles. The lowest BCUT2D eigenvalue weighted by atomic mass is 10.2. The lowest BCUT2D eigenvalue weighted by Gasteiger charge is -2.20. The van der Waals surface area contributed by atoms with E-state index in [0.717, 1.165) is 5.56 Å². The number of benzene rings is 3. The topological polar surface area (TPSA) is 84.3 Å². The Morgan fingerprint density at radius 1 is 0.969 bits per heavy atom. The van der Waals surface area contributed by atoms with Crippen molar-refractivity contribution in [2.75, 3.05) is 16.7 Å². The highest BCUT2D eigenvalue weighted by Gasteiger charge is 2.22. The lowest BCUT2D eigenvalue weighted by molar-refractivity contribution is 0.102. The quantitative estimate of drug-likeness (QED) is 0.480. The maximum absolute atomic E-state index is 13.1. The number of sulfonamides is 1. The molecule has 4 aromatic rings. The number of aryl methyl sites for hydroxylation is 1. The zero-order valence-corrected chi connectivity index (χ0v) is 18.5. The fourth-order valence-electron chi connectivity index (χ4n) is 3.23. The predicted octanol–water partition coefficient (Wildman–Crippen LogP) is 4.26. The molecule has 0 saturated heterocycles. The van der Waals surface area contributed by atoms with E-state index in [2.05, 4.69) is 10.4 Å². The van der Waals surface area contributed by atoms with E-state index in [1.165, 1.54) is 23.5 Å². The summed E-state index contributed by atoms with van der Waals surface area (Å²) in [6.07, 6.45) is 3.43. The smallest absolute Gasteiger partial charge is 0.264 e. The van der Waals surface area contributed by atoms with E-state index in [4.69, 9.17) is 0 Å². The molecule has 0 fully saturated rings. The van der Waals surface area contributed by atoms with Gasteiger partial charge in [-0.1, -0.05) is 35.9 Å². The number of amides is 1. The van der Waals surface area contributed by atoms with Gasteiger partial charge in [0, 0.05) is 25.0 Å². The van der Waals surface area contributed by atoms with Crippen molar-refractivity contribution in [2.45, 2.75) is 11.8 Å². The van der Waals surface area contributed by atoms with Gasteiger partial charge in [0.25, 0.3) is 15.9 Å². The number of rotatable bonds is 6. The van der Waals surface area contributed by atoms with E-state index in [1.807, 2.05) is 31.2 Å². The Labute approximate surface area is 187 Å². The van der Waals surface area contributed by atoms with Gasteiger partial charge in [-0.25, -0.2) is 13.1 Å². The van der Waals surface area contributed by atoms with Crippen LogP contribution in [0.4, 0.5) is 11.4 Å². The third-order valence-electron chi connectivity index (χ3n) is 5.06. The van der Waals surface area contributed by atoms with E-state index in [9.17, 15) is 13.2 Å². The van der Waals surface area contributed by atoms with Crippen LogP contribution in [0.25, 0.3) is 5.69 Å². The van der Waals surface area contributed by atoms with Crippen LogP contribution in [0.1, 0.15) is 15.9 Å². The van der Waals surface area contributed by atoms with Gasteiger partial charge in [0.1, 0.15) is 0 Å². The average Bonchev–Trinajstić information content (AvgIpc) is 3.34. The maximum atomic E-state index is 13.1. The summed E-state index contributed by atoms with van der Waals surface area (Å²) >= 11 is 0. The molecular formula is C24H22N4O3S. The summed E-state index contributed by atoms with van der Waals surface area (Å²) in [4.78, 5) is 13.0. The Hall–Kier alpha value is -3.91. The van der Waals surface area contributed by atoms with Crippen molar-refractivity contribution in [1.29, 1.82) is 0 Å². The SMILES string of the molecule is Cc1ccc(N(C)S(=O)(=O)c2cccc(C(=O)Nc3ccccc3-n3cccn3)c2)cc1. The molecule has 0 bridgehead atoms. The van der Waals surface area contributed by atoms with E-state index in [1.54, 1.807) is 59.5 Å². The number of para-hydroxylation sites is 2. The maximum Gasteiger partial charge on any atom is 0.264 e.